The SMILES string of the molecule is CC(Br)C(Br)(Br)CCBr. The molecular formula is C5H8Br4. The zero-order valence-electron chi connectivity index (χ0n) is 5.00. The summed E-state index contributed by atoms with van der Waals surface area (Å²) in [5, 5.41) is 0.999. The molecular weight excluding hydrogens is 380 g/mol. The third-order valence-electron chi connectivity index (χ3n) is 1.01. The van der Waals surface area contributed by atoms with E-state index in [1.807, 2.05) is 0 Å². The third kappa shape index (κ3) is 4.38. The van der Waals surface area contributed by atoms with Crippen molar-refractivity contribution >= 4 is 63.7 Å². The minimum atomic E-state index is 0.0451. The average molecular weight is 388 g/mol. The van der Waals surface area contributed by atoms with Gasteiger partial charge in [0.2, 0.25) is 0 Å². The molecule has 56 valence electrons. The minimum absolute atomic E-state index is 0.0451. The largest absolute Gasteiger partial charge is 0.0934 e. The summed E-state index contributed by atoms with van der Waals surface area (Å²) < 4.78 is 0.0451. The highest BCUT2D eigenvalue weighted by molar-refractivity contribution is 9.26. The van der Waals surface area contributed by atoms with Gasteiger partial charge < -0.3 is 0 Å². The van der Waals surface area contributed by atoms with E-state index in [4.69, 9.17) is 0 Å². The van der Waals surface area contributed by atoms with Gasteiger partial charge in [0.05, 0.1) is 3.23 Å². The molecule has 9 heavy (non-hydrogen) atoms. The summed E-state index contributed by atoms with van der Waals surface area (Å²) in [5.74, 6) is 0. The topological polar surface area (TPSA) is 0 Å². The molecule has 1 unspecified atom stereocenters. The van der Waals surface area contributed by atoms with E-state index in [9.17, 15) is 0 Å². The van der Waals surface area contributed by atoms with Crippen LogP contribution in [0.4, 0.5) is 0 Å². The first-order chi connectivity index (χ1) is 4.00. The summed E-state index contributed by atoms with van der Waals surface area (Å²) >= 11 is 13.9. The zero-order valence-corrected chi connectivity index (χ0v) is 11.3. The van der Waals surface area contributed by atoms with Crippen LogP contribution in [0.5, 0.6) is 0 Å². The molecule has 0 rings (SSSR count). The van der Waals surface area contributed by atoms with Crippen LogP contribution in [0.1, 0.15) is 13.3 Å². The van der Waals surface area contributed by atoms with Crippen LogP contribution in [0.25, 0.3) is 0 Å². The predicted octanol–water partition coefficient (Wildman–Crippen LogP) is 4.04. The van der Waals surface area contributed by atoms with Gasteiger partial charge in [-0.15, -0.1) is 0 Å². The molecule has 0 aliphatic heterocycles. The molecule has 0 heterocycles. The second-order valence-electron chi connectivity index (χ2n) is 1.82. The van der Waals surface area contributed by atoms with Crippen molar-refractivity contribution in [3.05, 3.63) is 0 Å². The lowest BCUT2D eigenvalue weighted by molar-refractivity contribution is 0.801. The van der Waals surface area contributed by atoms with E-state index < -0.39 is 0 Å². The van der Waals surface area contributed by atoms with Crippen molar-refractivity contribution in [2.24, 2.45) is 0 Å². The summed E-state index contributed by atoms with van der Waals surface area (Å²) in [6.45, 7) is 2.10. The van der Waals surface area contributed by atoms with E-state index in [-0.39, 0.29) is 3.23 Å². The van der Waals surface area contributed by atoms with Gasteiger partial charge in [-0.3, -0.25) is 0 Å². The third-order valence-corrected chi connectivity index (χ3v) is 5.58. The Bertz CT molecular complexity index is 79.0. The first kappa shape index (κ1) is 10.9. The molecule has 0 saturated heterocycles. The Balaban J connectivity index is 3.70. The molecule has 0 aliphatic rings. The average Bonchev–Trinajstić information content (AvgIpc) is 1.65. The van der Waals surface area contributed by atoms with Crippen molar-refractivity contribution in [3.63, 3.8) is 0 Å². The van der Waals surface area contributed by atoms with Crippen LogP contribution >= 0.6 is 63.7 Å². The molecule has 0 saturated carbocycles. The fraction of sp³-hybridized carbons (Fsp3) is 1.00. The van der Waals surface area contributed by atoms with Gasteiger partial charge in [-0.2, -0.15) is 0 Å². The Morgan fingerprint density at radius 3 is 2.00 bits per heavy atom. The summed E-state index contributed by atoms with van der Waals surface area (Å²) in [4.78, 5) is 0.433. The van der Waals surface area contributed by atoms with Crippen molar-refractivity contribution in [2.75, 3.05) is 5.33 Å². The zero-order chi connectivity index (χ0) is 7.49. The standard InChI is InChI=1S/C5H8Br4/c1-4(7)5(8,9)2-3-6/h4H,2-3H2,1H3. The molecule has 0 amide bonds. The van der Waals surface area contributed by atoms with Crippen LogP contribution in [0, 0.1) is 0 Å². The fourth-order valence-corrected chi connectivity index (χ4v) is 2.64. The molecule has 0 nitrogen and oxygen atoms in total. The van der Waals surface area contributed by atoms with Gasteiger partial charge in [0.25, 0.3) is 0 Å². The van der Waals surface area contributed by atoms with Crippen LogP contribution in [0.3, 0.4) is 0 Å². The summed E-state index contributed by atoms with van der Waals surface area (Å²) in [5.41, 5.74) is 0. The molecule has 0 aromatic heterocycles. The molecule has 0 radical (unpaired) electrons. The number of hydrogen-bond acceptors (Lipinski definition) is 0. The summed E-state index contributed by atoms with van der Waals surface area (Å²) in [7, 11) is 0. The van der Waals surface area contributed by atoms with Crippen LogP contribution in [0.2, 0.25) is 0 Å². The Morgan fingerprint density at radius 2 is 1.89 bits per heavy atom. The van der Waals surface area contributed by atoms with Gasteiger partial charge in [-0.05, 0) is 6.42 Å². The Morgan fingerprint density at radius 1 is 1.44 bits per heavy atom. The van der Waals surface area contributed by atoms with Crippen LogP contribution < -0.4 is 0 Å². The second kappa shape index (κ2) is 4.73. The minimum Gasteiger partial charge on any atom is -0.0927 e. The predicted molar refractivity (Wildman–Crippen MR) is 57.4 cm³/mol. The lowest BCUT2D eigenvalue weighted by Gasteiger charge is -2.21. The van der Waals surface area contributed by atoms with Gasteiger partial charge in [0, 0.05) is 10.2 Å². The Kier molecular flexibility index (Phi) is 5.74. The van der Waals surface area contributed by atoms with Gasteiger partial charge >= 0.3 is 0 Å². The molecule has 1 atom stereocenters. The Hall–Kier alpha value is 1.92. The maximum Gasteiger partial charge on any atom is 0.0934 e. The number of alkyl halides is 4. The highest BCUT2D eigenvalue weighted by atomic mass is 79.9. The highest BCUT2D eigenvalue weighted by Crippen LogP contribution is 2.38. The van der Waals surface area contributed by atoms with Crippen LogP contribution in [0.15, 0.2) is 0 Å². The fourth-order valence-electron chi connectivity index (χ4n) is 0.325. The van der Waals surface area contributed by atoms with Crippen LogP contribution in [-0.4, -0.2) is 13.4 Å². The van der Waals surface area contributed by atoms with Gasteiger partial charge in [-0.25, -0.2) is 0 Å². The molecule has 0 aliphatic carbocycles. The van der Waals surface area contributed by atoms with Gasteiger partial charge in [-0.1, -0.05) is 70.6 Å². The van der Waals surface area contributed by atoms with E-state index in [2.05, 4.69) is 70.6 Å². The van der Waals surface area contributed by atoms with E-state index in [0.717, 1.165) is 11.8 Å². The smallest absolute Gasteiger partial charge is 0.0927 e. The van der Waals surface area contributed by atoms with E-state index in [1.54, 1.807) is 0 Å². The number of rotatable bonds is 3. The molecule has 0 bridgehead atoms. The first-order valence-corrected chi connectivity index (χ1v) is 6.21. The van der Waals surface area contributed by atoms with E-state index in [0.29, 0.717) is 4.83 Å². The van der Waals surface area contributed by atoms with Crippen molar-refractivity contribution in [1.29, 1.82) is 0 Å². The first-order valence-electron chi connectivity index (χ1n) is 2.58. The van der Waals surface area contributed by atoms with Gasteiger partial charge in [0.1, 0.15) is 0 Å². The van der Waals surface area contributed by atoms with Crippen molar-refractivity contribution < 1.29 is 0 Å². The normalized spacial score (nSPS) is 15.7. The number of hydrogen-bond donors (Lipinski definition) is 0. The van der Waals surface area contributed by atoms with Crippen molar-refractivity contribution in [2.45, 2.75) is 21.4 Å². The second-order valence-corrected chi connectivity index (χ2v) is 7.88. The van der Waals surface area contributed by atoms with Crippen LogP contribution in [-0.2, 0) is 0 Å². The number of halogens is 4. The maximum atomic E-state index is 3.55. The van der Waals surface area contributed by atoms with Crippen molar-refractivity contribution in [1.82, 2.24) is 0 Å². The monoisotopic (exact) mass is 384 g/mol. The lowest BCUT2D eigenvalue weighted by atomic mass is 10.3. The van der Waals surface area contributed by atoms with Crippen molar-refractivity contribution in [3.8, 4) is 0 Å². The molecule has 0 aromatic rings. The van der Waals surface area contributed by atoms with E-state index >= 15 is 0 Å². The van der Waals surface area contributed by atoms with Gasteiger partial charge in [0.15, 0.2) is 0 Å². The molecule has 4 heteroatoms. The highest BCUT2D eigenvalue weighted by Gasteiger charge is 2.26. The Labute approximate surface area is 89.7 Å². The molecule has 0 spiro atoms. The summed E-state index contributed by atoms with van der Waals surface area (Å²) in [6.07, 6.45) is 1.05. The maximum absolute atomic E-state index is 3.55. The molecule has 0 fully saturated rings. The lowest BCUT2D eigenvalue weighted by Crippen LogP contribution is -2.22. The van der Waals surface area contributed by atoms with E-state index in [1.165, 1.54) is 0 Å². The molecule has 0 N–H and O–H groups in total. The molecule has 0 aromatic carbocycles. The quantitative estimate of drug-likeness (QED) is 0.641. The summed E-state index contributed by atoms with van der Waals surface area (Å²) in [6, 6.07) is 0.